The minimum atomic E-state index is -0.0518. The van der Waals surface area contributed by atoms with Crippen LogP contribution in [0.5, 0.6) is 0 Å². The van der Waals surface area contributed by atoms with Crippen LogP contribution in [-0.4, -0.2) is 30.1 Å². The quantitative estimate of drug-likeness (QED) is 0.749. The van der Waals surface area contributed by atoms with E-state index in [1.54, 1.807) is 0 Å². The number of nitrogens with zero attached hydrogens (tertiary/aromatic N) is 1. The summed E-state index contributed by atoms with van der Waals surface area (Å²) >= 11 is 0. The van der Waals surface area contributed by atoms with Gasteiger partial charge >= 0.3 is 5.97 Å². The summed E-state index contributed by atoms with van der Waals surface area (Å²) in [6.45, 7) is 4.82. The van der Waals surface area contributed by atoms with Crippen molar-refractivity contribution in [2.45, 2.75) is 38.8 Å². The third kappa shape index (κ3) is 3.84. The van der Waals surface area contributed by atoms with Gasteiger partial charge in [-0.2, -0.15) is 0 Å². The summed E-state index contributed by atoms with van der Waals surface area (Å²) in [6.07, 6.45) is 2.45. The predicted octanol–water partition coefficient (Wildman–Crippen LogP) is 2.60. The van der Waals surface area contributed by atoms with Gasteiger partial charge in [0.1, 0.15) is 6.10 Å². The van der Waals surface area contributed by atoms with E-state index in [2.05, 4.69) is 29.2 Å². The number of esters is 1. The molecule has 3 heteroatoms. The maximum atomic E-state index is 11.4. The first-order valence-electron chi connectivity index (χ1n) is 6.73. The molecule has 1 heterocycles. The van der Waals surface area contributed by atoms with E-state index in [1.807, 2.05) is 13.0 Å². The van der Waals surface area contributed by atoms with Crippen molar-refractivity contribution in [1.82, 2.24) is 4.90 Å². The van der Waals surface area contributed by atoms with E-state index < -0.39 is 0 Å². The monoisotopic (exact) mass is 247 g/mol. The molecule has 1 fully saturated rings. The summed E-state index contributed by atoms with van der Waals surface area (Å²) in [5, 5.41) is 0. The van der Waals surface area contributed by atoms with Crippen LogP contribution in [0.4, 0.5) is 0 Å². The zero-order chi connectivity index (χ0) is 12.8. The molecule has 18 heavy (non-hydrogen) atoms. The van der Waals surface area contributed by atoms with E-state index in [-0.39, 0.29) is 12.1 Å². The fourth-order valence-electron chi connectivity index (χ4n) is 2.33. The van der Waals surface area contributed by atoms with Crippen molar-refractivity contribution < 1.29 is 9.53 Å². The number of ether oxygens (including phenoxy) is 1. The second-order valence-corrected chi connectivity index (χ2v) is 4.87. The minimum Gasteiger partial charge on any atom is -0.461 e. The van der Waals surface area contributed by atoms with Gasteiger partial charge in [-0.15, -0.1) is 0 Å². The molecular weight excluding hydrogens is 226 g/mol. The van der Waals surface area contributed by atoms with E-state index >= 15 is 0 Å². The Hall–Kier alpha value is -1.35. The van der Waals surface area contributed by atoms with Crippen LogP contribution in [0.2, 0.25) is 0 Å². The Morgan fingerprint density at radius 2 is 2.17 bits per heavy atom. The van der Waals surface area contributed by atoms with Crippen LogP contribution in [0.25, 0.3) is 0 Å². The van der Waals surface area contributed by atoms with Crippen molar-refractivity contribution in [3.05, 3.63) is 35.9 Å². The lowest BCUT2D eigenvalue weighted by molar-refractivity contribution is -0.148. The predicted molar refractivity (Wildman–Crippen MR) is 71.1 cm³/mol. The zero-order valence-corrected chi connectivity index (χ0v) is 11.0. The first-order chi connectivity index (χ1) is 8.78. The van der Waals surface area contributed by atoms with Crippen molar-refractivity contribution in [1.29, 1.82) is 0 Å². The van der Waals surface area contributed by atoms with E-state index in [1.165, 1.54) is 5.56 Å². The van der Waals surface area contributed by atoms with Crippen molar-refractivity contribution in [3.63, 3.8) is 0 Å². The van der Waals surface area contributed by atoms with Crippen LogP contribution in [0.1, 0.15) is 31.7 Å². The van der Waals surface area contributed by atoms with Gasteiger partial charge in [0, 0.05) is 26.1 Å². The average molecular weight is 247 g/mol. The van der Waals surface area contributed by atoms with Crippen LogP contribution in [0, 0.1) is 0 Å². The summed E-state index contributed by atoms with van der Waals surface area (Å²) in [5.41, 5.74) is 1.32. The molecule has 98 valence electrons. The van der Waals surface area contributed by atoms with Gasteiger partial charge in [0.2, 0.25) is 0 Å². The largest absolute Gasteiger partial charge is 0.461 e. The van der Waals surface area contributed by atoms with Gasteiger partial charge in [0.05, 0.1) is 0 Å². The van der Waals surface area contributed by atoms with Gasteiger partial charge in [0.15, 0.2) is 0 Å². The molecule has 1 aromatic carbocycles. The molecule has 2 rings (SSSR count). The summed E-state index contributed by atoms with van der Waals surface area (Å²) in [7, 11) is 0. The fourth-order valence-corrected chi connectivity index (χ4v) is 2.33. The molecule has 1 saturated heterocycles. The topological polar surface area (TPSA) is 29.5 Å². The third-order valence-corrected chi connectivity index (χ3v) is 3.23. The first kappa shape index (κ1) is 13.1. The molecule has 0 aliphatic carbocycles. The third-order valence-electron chi connectivity index (χ3n) is 3.23. The molecule has 0 bridgehead atoms. The van der Waals surface area contributed by atoms with Crippen molar-refractivity contribution in [2.24, 2.45) is 0 Å². The Kier molecular flexibility index (Phi) is 4.76. The Morgan fingerprint density at radius 3 is 2.89 bits per heavy atom. The maximum Gasteiger partial charge on any atom is 0.306 e. The Morgan fingerprint density at radius 1 is 1.39 bits per heavy atom. The van der Waals surface area contributed by atoms with Crippen LogP contribution in [0.3, 0.4) is 0 Å². The van der Waals surface area contributed by atoms with E-state index in [4.69, 9.17) is 4.74 Å². The highest BCUT2D eigenvalue weighted by Gasteiger charge is 2.25. The maximum absolute atomic E-state index is 11.4. The second-order valence-electron chi connectivity index (χ2n) is 4.87. The molecule has 1 atom stereocenters. The minimum absolute atomic E-state index is 0.0518. The smallest absolute Gasteiger partial charge is 0.306 e. The van der Waals surface area contributed by atoms with Crippen LogP contribution in [0.15, 0.2) is 30.3 Å². The normalized spacial score (nSPS) is 19.9. The van der Waals surface area contributed by atoms with Crippen molar-refractivity contribution in [3.8, 4) is 0 Å². The SMILES string of the molecule is CCCC(=O)OC1CCN(Cc2ccccc2)C1. The molecule has 0 amide bonds. The number of carbonyl (C=O) groups excluding carboxylic acids is 1. The highest BCUT2D eigenvalue weighted by atomic mass is 16.5. The van der Waals surface area contributed by atoms with Gasteiger partial charge in [0.25, 0.3) is 0 Å². The lowest BCUT2D eigenvalue weighted by Gasteiger charge is -2.16. The standard InChI is InChI=1S/C15H21NO2/c1-2-6-15(17)18-14-9-10-16(12-14)11-13-7-4-3-5-8-13/h3-5,7-8,14H,2,6,9-12H2,1H3. The Labute approximate surface area is 109 Å². The molecule has 0 N–H and O–H groups in total. The Balaban J connectivity index is 1.76. The highest BCUT2D eigenvalue weighted by Crippen LogP contribution is 2.16. The van der Waals surface area contributed by atoms with E-state index in [9.17, 15) is 4.79 Å². The average Bonchev–Trinajstić information content (AvgIpc) is 2.78. The molecule has 1 aliphatic heterocycles. The van der Waals surface area contributed by atoms with Crippen LogP contribution in [-0.2, 0) is 16.1 Å². The summed E-state index contributed by atoms with van der Waals surface area (Å²) in [4.78, 5) is 13.8. The number of likely N-dealkylation sites (tertiary alicyclic amines) is 1. The number of hydrogen-bond donors (Lipinski definition) is 0. The lowest BCUT2D eigenvalue weighted by Crippen LogP contribution is -2.24. The fraction of sp³-hybridized carbons (Fsp3) is 0.533. The molecule has 0 aromatic heterocycles. The van der Waals surface area contributed by atoms with Gasteiger partial charge in [-0.3, -0.25) is 9.69 Å². The van der Waals surface area contributed by atoms with Gasteiger partial charge in [-0.1, -0.05) is 37.3 Å². The van der Waals surface area contributed by atoms with Gasteiger partial charge < -0.3 is 4.74 Å². The molecule has 1 unspecified atom stereocenters. The molecule has 0 spiro atoms. The second kappa shape index (κ2) is 6.55. The number of carbonyl (C=O) groups is 1. The lowest BCUT2D eigenvalue weighted by atomic mass is 10.2. The van der Waals surface area contributed by atoms with Gasteiger partial charge in [-0.25, -0.2) is 0 Å². The number of hydrogen-bond acceptors (Lipinski definition) is 3. The zero-order valence-electron chi connectivity index (χ0n) is 11.0. The number of rotatable bonds is 5. The molecule has 0 radical (unpaired) electrons. The van der Waals surface area contributed by atoms with Gasteiger partial charge in [-0.05, 0) is 18.4 Å². The van der Waals surface area contributed by atoms with E-state index in [0.29, 0.717) is 6.42 Å². The van der Waals surface area contributed by atoms with Crippen LogP contribution >= 0.6 is 0 Å². The summed E-state index contributed by atoms with van der Waals surface area (Å²) in [5.74, 6) is -0.0518. The first-order valence-corrected chi connectivity index (χ1v) is 6.73. The summed E-state index contributed by atoms with van der Waals surface area (Å²) in [6, 6.07) is 10.4. The molecule has 3 nitrogen and oxygen atoms in total. The molecule has 0 saturated carbocycles. The van der Waals surface area contributed by atoms with Crippen molar-refractivity contribution >= 4 is 5.97 Å². The molecular formula is C15H21NO2. The summed E-state index contributed by atoms with van der Waals surface area (Å²) < 4.78 is 5.44. The van der Waals surface area contributed by atoms with Crippen molar-refractivity contribution in [2.75, 3.05) is 13.1 Å². The van der Waals surface area contributed by atoms with E-state index in [0.717, 1.165) is 32.5 Å². The highest BCUT2D eigenvalue weighted by molar-refractivity contribution is 5.69. The Bertz CT molecular complexity index is 377. The molecule has 1 aromatic rings. The molecule has 1 aliphatic rings. The van der Waals surface area contributed by atoms with Crippen LogP contribution < -0.4 is 0 Å². The number of benzene rings is 1.